The monoisotopic (exact) mass is 267 g/mol. The summed E-state index contributed by atoms with van der Waals surface area (Å²) in [5.74, 6) is -0.924. The first-order valence-electron chi connectivity index (χ1n) is 5.82. The zero-order chi connectivity index (χ0) is 13.5. The van der Waals surface area contributed by atoms with E-state index in [1.54, 1.807) is 24.3 Å². The summed E-state index contributed by atoms with van der Waals surface area (Å²) in [6, 6.07) is 6.94. The fraction of sp³-hybridized carbons (Fsp3) is 0.462. The molecule has 1 heterocycles. The second-order valence-electron chi connectivity index (χ2n) is 5.40. The summed E-state index contributed by atoms with van der Waals surface area (Å²) in [4.78, 5) is 10.7. The van der Waals surface area contributed by atoms with Crippen LogP contribution in [0.4, 0.5) is 0 Å². The maximum Gasteiger partial charge on any atom is 0.335 e. The number of nitrogens with zero attached hydrogens (tertiary/aromatic N) is 1. The van der Waals surface area contributed by atoms with Gasteiger partial charge in [0.15, 0.2) is 0 Å². The van der Waals surface area contributed by atoms with E-state index in [2.05, 4.69) is 0 Å². The van der Waals surface area contributed by atoms with Crippen LogP contribution in [0.5, 0.6) is 0 Å². The van der Waals surface area contributed by atoms with Gasteiger partial charge in [-0.1, -0.05) is 12.1 Å². The molecule has 4 nitrogen and oxygen atoms in total. The van der Waals surface area contributed by atoms with Crippen LogP contribution in [0, 0.1) is 0 Å². The van der Waals surface area contributed by atoms with Gasteiger partial charge in [0.05, 0.1) is 16.4 Å². The van der Waals surface area contributed by atoms with Crippen LogP contribution in [0.1, 0.15) is 42.7 Å². The molecule has 2 unspecified atom stereocenters. The van der Waals surface area contributed by atoms with E-state index in [1.807, 2.05) is 25.1 Å². The fourth-order valence-electron chi connectivity index (χ4n) is 1.78. The van der Waals surface area contributed by atoms with Crippen molar-refractivity contribution in [2.45, 2.75) is 31.6 Å². The van der Waals surface area contributed by atoms with Gasteiger partial charge in [0.1, 0.15) is 11.0 Å². The zero-order valence-electron chi connectivity index (χ0n) is 10.7. The van der Waals surface area contributed by atoms with Crippen molar-refractivity contribution in [3.05, 3.63) is 35.4 Å². The summed E-state index contributed by atoms with van der Waals surface area (Å²) in [6.45, 7) is 6.63. The van der Waals surface area contributed by atoms with Gasteiger partial charge >= 0.3 is 5.97 Å². The van der Waals surface area contributed by atoms with E-state index in [-0.39, 0.29) is 16.4 Å². The maximum absolute atomic E-state index is 12.1. The molecule has 5 heteroatoms. The lowest BCUT2D eigenvalue weighted by atomic mass is 10.1. The van der Waals surface area contributed by atoms with Crippen LogP contribution in [0.2, 0.25) is 0 Å². The third kappa shape index (κ3) is 2.62. The average molecular weight is 267 g/mol. The van der Waals surface area contributed by atoms with Gasteiger partial charge in [-0.05, 0) is 38.5 Å². The van der Waals surface area contributed by atoms with Gasteiger partial charge in [-0.25, -0.2) is 13.3 Å². The third-order valence-corrected chi connectivity index (χ3v) is 4.72. The van der Waals surface area contributed by atoms with Crippen LogP contribution in [-0.2, 0) is 11.0 Å². The molecular formula is C13H17NO3S. The molecule has 0 amide bonds. The number of carboxylic acids is 1. The molecule has 0 saturated carbocycles. The van der Waals surface area contributed by atoms with Crippen molar-refractivity contribution in [3.8, 4) is 0 Å². The first-order valence-corrected chi connectivity index (χ1v) is 6.93. The number of rotatable bonds is 3. The predicted molar refractivity (Wildman–Crippen MR) is 70.7 cm³/mol. The van der Waals surface area contributed by atoms with Gasteiger partial charge in [-0.2, -0.15) is 0 Å². The van der Waals surface area contributed by atoms with Crippen molar-refractivity contribution in [1.29, 1.82) is 0 Å². The van der Waals surface area contributed by atoms with Gasteiger partial charge in [0.2, 0.25) is 0 Å². The number of carbonyl (C=O) groups is 1. The van der Waals surface area contributed by atoms with Crippen molar-refractivity contribution in [3.63, 3.8) is 0 Å². The average Bonchev–Trinajstić information content (AvgIpc) is 3.06. The van der Waals surface area contributed by atoms with Gasteiger partial charge in [-0.15, -0.1) is 0 Å². The van der Waals surface area contributed by atoms with Gasteiger partial charge < -0.3 is 5.11 Å². The lowest BCUT2D eigenvalue weighted by Crippen LogP contribution is -2.27. The quantitative estimate of drug-likeness (QED) is 0.854. The highest BCUT2D eigenvalue weighted by atomic mass is 32.2. The molecule has 1 fully saturated rings. The van der Waals surface area contributed by atoms with E-state index in [0.29, 0.717) is 0 Å². The van der Waals surface area contributed by atoms with E-state index in [9.17, 15) is 9.00 Å². The van der Waals surface area contributed by atoms with E-state index in [4.69, 9.17) is 5.11 Å². The summed E-state index contributed by atoms with van der Waals surface area (Å²) in [5, 5.41) is 8.82. The first kappa shape index (κ1) is 13.2. The zero-order valence-corrected chi connectivity index (χ0v) is 11.5. The minimum atomic E-state index is -1.01. The summed E-state index contributed by atoms with van der Waals surface area (Å²) < 4.78 is 13.8. The van der Waals surface area contributed by atoms with Crippen LogP contribution >= 0.6 is 0 Å². The van der Waals surface area contributed by atoms with E-state index in [1.165, 1.54) is 0 Å². The smallest absolute Gasteiger partial charge is 0.335 e. The Morgan fingerprint density at radius 2 is 1.89 bits per heavy atom. The largest absolute Gasteiger partial charge is 0.478 e. The normalized spacial score (nSPS) is 24.6. The van der Waals surface area contributed by atoms with E-state index < -0.39 is 17.0 Å². The molecule has 1 saturated heterocycles. The second-order valence-corrected chi connectivity index (χ2v) is 7.60. The van der Waals surface area contributed by atoms with Crippen molar-refractivity contribution in [2.24, 2.45) is 0 Å². The molecule has 1 aromatic rings. The SMILES string of the molecule is CC(C)(C)S(=O)N1C[C@@H]1c1ccc(C(=O)O)cc1. The summed E-state index contributed by atoms with van der Waals surface area (Å²) in [5.41, 5.74) is 1.31. The lowest BCUT2D eigenvalue weighted by molar-refractivity contribution is 0.0697. The van der Waals surface area contributed by atoms with Crippen LogP contribution in [-0.4, -0.2) is 30.9 Å². The molecular weight excluding hydrogens is 250 g/mol. The molecule has 98 valence electrons. The summed E-state index contributed by atoms with van der Waals surface area (Å²) in [7, 11) is -1.01. The minimum absolute atomic E-state index is 0.160. The van der Waals surface area contributed by atoms with Gasteiger partial charge in [0, 0.05) is 6.54 Å². The fourth-order valence-corrected chi connectivity index (χ4v) is 3.11. The highest BCUT2D eigenvalue weighted by Crippen LogP contribution is 2.39. The Hall–Kier alpha value is -1.20. The number of benzene rings is 1. The topological polar surface area (TPSA) is 57.4 Å². The number of carboxylic acid groups (broad SMARTS) is 1. The minimum Gasteiger partial charge on any atom is -0.478 e. The van der Waals surface area contributed by atoms with Gasteiger partial charge in [-0.3, -0.25) is 0 Å². The molecule has 0 spiro atoms. The number of hydrogen-bond acceptors (Lipinski definition) is 2. The summed E-state index contributed by atoms with van der Waals surface area (Å²) in [6.07, 6.45) is 0. The van der Waals surface area contributed by atoms with Crippen LogP contribution < -0.4 is 0 Å². The van der Waals surface area contributed by atoms with Crippen molar-refractivity contribution < 1.29 is 14.1 Å². The Morgan fingerprint density at radius 1 is 1.33 bits per heavy atom. The molecule has 2 rings (SSSR count). The van der Waals surface area contributed by atoms with Crippen molar-refractivity contribution in [1.82, 2.24) is 4.31 Å². The molecule has 1 aromatic carbocycles. The van der Waals surface area contributed by atoms with E-state index in [0.717, 1.165) is 12.1 Å². The highest BCUT2D eigenvalue weighted by Gasteiger charge is 2.43. The molecule has 0 radical (unpaired) electrons. The van der Waals surface area contributed by atoms with Crippen LogP contribution in [0.25, 0.3) is 0 Å². The molecule has 0 aliphatic carbocycles. The molecule has 1 aliphatic rings. The van der Waals surface area contributed by atoms with Crippen LogP contribution in [0.3, 0.4) is 0 Å². The molecule has 1 N–H and O–H groups in total. The number of aromatic carboxylic acids is 1. The highest BCUT2D eigenvalue weighted by molar-refractivity contribution is 7.84. The maximum atomic E-state index is 12.1. The Morgan fingerprint density at radius 3 is 2.33 bits per heavy atom. The Kier molecular flexibility index (Phi) is 3.29. The van der Waals surface area contributed by atoms with Crippen LogP contribution in [0.15, 0.2) is 24.3 Å². The summed E-state index contributed by atoms with van der Waals surface area (Å²) >= 11 is 0. The molecule has 1 aliphatic heterocycles. The Bertz CT molecular complexity index is 490. The third-order valence-electron chi connectivity index (χ3n) is 2.85. The van der Waals surface area contributed by atoms with Crippen molar-refractivity contribution >= 4 is 17.0 Å². The molecule has 0 aromatic heterocycles. The van der Waals surface area contributed by atoms with Crippen molar-refractivity contribution in [2.75, 3.05) is 6.54 Å². The van der Waals surface area contributed by atoms with Gasteiger partial charge in [0.25, 0.3) is 0 Å². The lowest BCUT2D eigenvalue weighted by Gasteiger charge is -2.18. The first-order chi connectivity index (χ1) is 8.30. The second kappa shape index (κ2) is 4.48. The Labute approximate surface area is 109 Å². The Balaban J connectivity index is 2.08. The molecule has 3 atom stereocenters. The predicted octanol–water partition coefficient (Wildman–Crippen LogP) is 2.20. The number of hydrogen-bond donors (Lipinski definition) is 1. The van der Waals surface area contributed by atoms with E-state index >= 15 is 0 Å². The standard InChI is InChI=1S/C13H17NO3S/c1-13(2,3)18(17)14-8-11(14)9-4-6-10(7-5-9)12(15)16/h4-7,11H,8H2,1-3H3,(H,15,16)/t11-,14?,18?/m1/s1. The molecule has 0 bridgehead atoms. The molecule has 18 heavy (non-hydrogen) atoms.